The Morgan fingerprint density at radius 2 is 1.89 bits per heavy atom. The summed E-state index contributed by atoms with van der Waals surface area (Å²) in [6.07, 6.45) is 1.25. The Hall–Kier alpha value is -0.900. The van der Waals surface area contributed by atoms with E-state index in [9.17, 15) is 0 Å². The van der Waals surface area contributed by atoms with Gasteiger partial charge in [-0.05, 0) is 31.4 Å². The molecule has 0 atom stereocenters. The van der Waals surface area contributed by atoms with Gasteiger partial charge in [-0.25, -0.2) is 0 Å². The third-order valence-corrected chi connectivity index (χ3v) is 4.35. The second-order valence-corrected chi connectivity index (χ2v) is 6.78. The van der Waals surface area contributed by atoms with Gasteiger partial charge in [0, 0.05) is 46.4 Å². The van der Waals surface area contributed by atoms with Crippen LogP contribution in [0, 0.1) is 0 Å². The molecule has 27 heavy (non-hydrogen) atoms. The van der Waals surface area contributed by atoms with Crippen LogP contribution >= 0.6 is 24.0 Å². The Balaban J connectivity index is 0.00000364. The van der Waals surface area contributed by atoms with Crippen molar-refractivity contribution < 1.29 is 9.47 Å². The molecule has 7 heteroatoms. The molecule has 1 heterocycles. The fourth-order valence-electron chi connectivity index (χ4n) is 2.88. The summed E-state index contributed by atoms with van der Waals surface area (Å²) in [7, 11) is 1.81. The van der Waals surface area contributed by atoms with Gasteiger partial charge >= 0.3 is 0 Å². The molecule has 0 radical (unpaired) electrons. The van der Waals surface area contributed by atoms with Crippen LogP contribution < -0.4 is 10.6 Å². The van der Waals surface area contributed by atoms with Crippen molar-refractivity contribution in [1.29, 1.82) is 0 Å². The first-order valence-corrected chi connectivity index (χ1v) is 9.62. The predicted molar refractivity (Wildman–Crippen MR) is 122 cm³/mol. The van der Waals surface area contributed by atoms with E-state index in [4.69, 9.17) is 9.47 Å². The molecule has 1 fully saturated rings. The van der Waals surface area contributed by atoms with Crippen LogP contribution in [0.4, 0.5) is 0 Å². The predicted octanol–water partition coefficient (Wildman–Crippen LogP) is 2.62. The van der Waals surface area contributed by atoms with Crippen molar-refractivity contribution in [3.63, 3.8) is 0 Å². The number of halogens is 1. The minimum Gasteiger partial charge on any atom is -0.379 e. The summed E-state index contributed by atoms with van der Waals surface area (Å²) in [5, 5.41) is 6.76. The number of benzene rings is 1. The lowest BCUT2D eigenvalue weighted by Gasteiger charge is -2.27. The Morgan fingerprint density at radius 1 is 1.19 bits per heavy atom. The van der Waals surface area contributed by atoms with Crippen LogP contribution in [0.15, 0.2) is 29.3 Å². The van der Waals surface area contributed by atoms with Gasteiger partial charge in [0.25, 0.3) is 0 Å². The van der Waals surface area contributed by atoms with Crippen LogP contribution in [0.1, 0.15) is 31.4 Å². The third-order valence-electron chi connectivity index (χ3n) is 4.35. The van der Waals surface area contributed by atoms with E-state index in [2.05, 4.69) is 58.6 Å². The average Bonchev–Trinajstić information content (AvgIpc) is 2.65. The number of guanidine groups is 1. The lowest BCUT2D eigenvalue weighted by atomic mass is 10.1. The molecule has 1 aromatic carbocycles. The second-order valence-electron chi connectivity index (χ2n) is 6.78. The highest BCUT2D eigenvalue weighted by Gasteiger charge is 2.12. The summed E-state index contributed by atoms with van der Waals surface area (Å²) in [6, 6.07) is 8.61. The Morgan fingerprint density at radius 3 is 2.56 bits per heavy atom. The summed E-state index contributed by atoms with van der Waals surface area (Å²) in [5.74, 6) is 0.829. The second kappa shape index (κ2) is 14.1. The zero-order chi connectivity index (χ0) is 18.6. The van der Waals surface area contributed by atoms with E-state index in [0.717, 1.165) is 64.9 Å². The highest BCUT2D eigenvalue weighted by atomic mass is 127. The molecule has 2 rings (SSSR count). The number of ether oxygens (including phenoxy) is 2. The molecule has 0 unspecified atom stereocenters. The van der Waals surface area contributed by atoms with Crippen LogP contribution in [0.3, 0.4) is 0 Å². The number of hydrogen-bond acceptors (Lipinski definition) is 4. The number of hydrogen-bond donors (Lipinski definition) is 2. The normalized spacial score (nSPS) is 15.5. The monoisotopic (exact) mass is 490 g/mol. The quantitative estimate of drug-likeness (QED) is 0.241. The van der Waals surface area contributed by atoms with Crippen molar-refractivity contribution in [2.45, 2.75) is 39.5 Å². The summed E-state index contributed by atoms with van der Waals surface area (Å²) < 4.78 is 11.0. The maximum absolute atomic E-state index is 5.56. The van der Waals surface area contributed by atoms with Crippen LogP contribution in [0.2, 0.25) is 0 Å². The van der Waals surface area contributed by atoms with Crippen molar-refractivity contribution in [3.8, 4) is 0 Å². The molecule has 1 aliphatic rings. The van der Waals surface area contributed by atoms with Crippen molar-refractivity contribution in [1.82, 2.24) is 15.5 Å². The standard InChI is InChI=1S/C20H34N4O2.HI/c1-17(2)26-12-6-9-22-20(21-3)23-15-18-7-4-5-8-19(18)16-24-10-13-25-14-11-24;/h4-5,7-8,17H,6,9-16H2,1-3H3,(H2,21,22,23);1H. The largest absolute Gasteiger partial charge is 0.379 e. The number of rotatable bonds is 9. The zero-order valence-corrected chi connectivity index (χ0v) is 19.2. The van der Waals surface area contributed by atoms with Gasteiger partial charge < -0.3 is 20.1 Å². The summed E-state index contributed by atoms with van der Waals surface area (Å²) >= 11 is 0. The SMILES string of the molecule is CN=C(NCCCOC(C)C)NCc1ccccc1CN1CCOCC1.I. The lowest BCUT2D eigenvalue weighted by molar-refractivity contribution is 0.0341. The van der Waals surface area contributed by atoms with Gasteiger partial charge in [0.05, 0.1) is 19.3 Å². The van der Waals surface area contributed by atoms with E-state index < -0.39 is 0 Å². The fourth-order valence-corrected chi connectivity index (χ4v) is 2.88. The topological polar surface area (TPSA) is 58.1 Å². The molecular weight excluding hydrogens is 455 g/mol. The fraction of sp³-hybridized carbons (Fsp3) is 0.650. The van der Waals surface area contributed by atoms with Crippen LogP contribution in [0.5, 0.6) is 0 Å². The molecule has 0 aliphatic carbocycles. The number of aliphatic imine (C=N–C) groups is 1. The molecule has 0 amide bonds. The Labute approximate surface area is 181 Å². The maximum Gasteiger partial charge on any atom is 0.191 e. The number of nitrogens with zero attached hydrogens (tertiary/aromatic N) is 2. The van der Waals surface area contributed by atoms with E-state index >= 15 is 0 Å². The van der Waals surface area contributed by atoms with Gasteiger partial charge in [0.2, 0.25) is 0 Å². The number of nitrogens with one attached hydrogen (secondary N) is 2. The first kappa shape index (κ1) is 24.1. The first-order valence-electron chi connectivity index (χ1n) is 9.62. The van der Waals surface area contributed by atoms with E-state index in [1.165, 1.54) is 11.1 Å². The summed E-state index contributed by atoms with van der Waals surface area (Å²) in [5.41, 5.74) is 2.67. The van der Waals surface area contributed by atoms with Crippen molar-refractivity contribution >= 4 is 29.9 Å². The van der Waals surface area contributed by atoms with Gasteiger partial charge in [-0.2, -0.15) is 0 Å². The van der Waals surface area contributed by atoms with Crippen LogP contribution in [0.25, 0.3) is 0 Å². The summed E-state index contributed by atoms with van der Waals surface area (Å²) in [4.78, 5) is 6.76. The molecule has 0 bridgehead atoms. The van der Waals surface area contributed by atoms with E-state index in [1.807, 2.05) is 0 Å². The Bertz CT molecular complexity index is 549. The molecule has 1 saturated heterocycles. The third kappa shape index (κ3) is 9.73. The number of morpholine rings is 1. The van der Waals surface area contributed by atoms with E-state index in [1.54, 1.807) is 7.05 Å². The van der Waals surface area contributed by atoms with Crippen molar-refractivity contribution in [3.05, 3.63) is 35.4 Å². The maximum atomic E-state index is 5.56. The van der Waals surface area contributed by atoms with E-state index in [0.29, 0.717) is 0 Å². The smallest absolute Gasteiger partial charge is 0.191 e. The minimum atomic E-state index is 0. The molecule has 1 aliphatic heterocycles. The van der Waals surface area contributed by atoms with Crippen molar-refractivity contribution in [2.24, 2.45) is 4.99 Å². The van der Waals surface area contributed by atoms with Gasteiger partial charge in [-0.3, -0.25) is 9.89 Å². The van der Waals surface area contributed by atoms with Crippen LogP contribution in [-0.2, 0) is 22.6 Å². The molecule has 0 spiro atoms. The summed E-state index contributed by atoms with van der Waals surface area (Å²) in [6.45, 7) is 11.1. The van der Waals surface area contributed by atoms with Gasteiger partial charge in [0.1, 0.15) is 0 Å². The molecule has 154 valence electrons. The van der Waals surface area contributed by atoms with Gasteiger partial charge in [-0.1, -0.05) is 24.3 Å². The molecule has 1 aromatic rings. The van der Waals surface area contributed by atoms with Gasteiger partial charge in [0.15, 0.2) is 5.96 Å². The highest BCUT2D eigenvalue weighted by Crippen LogP contribution is 2.12. The van der Waals surface area contributed by atoms with Crippen molar-refractivity contribution in [2.75, 3.05) is 46.5 Å². The average molecular weight is 490 g/mol. The Kier molecular flexibility index (Phi) is 12.6. The zero-order valence-electron chi connectivity index (χ0n) is 16.9. The van der Waals surface area contributed by atoms with Gasteiger partial charge in [-0.15, -0.1) is 24.0 Å². The molecule has 0 saturated carbocycles. The van der Waals surface area contributed by atoms with E-state index in [-0.39, 0.29) is 30.1 Å². The molecular formula is C20H35IN4O2. The molecule has 6 nitrogen and oxygen atoms in total. The lowest BCUT2D eigenvalue weighted by Crippen LogP contribution is -2.38. The first-order chi connectivity index (χ1) is 12.7. The molecule has 0 aromatic heterocycles. The van der Waals surface area contributed by atoms with Crippen LogP contribution in [-0.4, -0.2) is 63.5 Å². The highest BCUT2D eigenvalue weighted by molar-refractivity contribution is 14.0. The minimum absolute atomic E-state index is 0. The molecule has 2 N–H and O–H groups in total.